The number of likely N-dealkylation sites (tertiary alicyclic amines) is 1. The van der Waals surface area contributed by atoms with Gasteiger partial charge in [0.25, 0.3) is 0 Å². The zero-order valence-electron chi connectivity index (χ0n) is 18.0. The number of ether oxygens (including phenoxy) is 3. The van der Waals surface area contributed by atoms with E-state index in [-0.39, 0.29) is 5.41 Å². The molecule has 0 amide bonds. The van der Waals surface area contributed by atoms with Crippen molar-refractivity contribution in [3.63, 3.8) is 0 Å². The van der Waals surface area contributed by atoms with Crippen LogP contribution in [0.3, 0.4) is 0 Å². The van der Waals surface area contributed by atoms with Crippen molar-refractivity contribution >= 4 is 0 Å². The van der Waals surface area contributed by atoms with E-state index >= 15 is 0 Å². The highest BCUT2D eigenvalue weighted by atomic mass is 16.5. The van der Waals surface area contributed by atoms with E-state index in [0.29, 0.717) is 25.7 Å². The van der Waals surface area contributed by atoms with Crippen molar-refractivity contribution in [1.82, 2.24) is 19.7 Å². The molecule has 2 aliphatic rings. The maximum Gasteiger partial charge on any atom is 0.236 e. The summed E-state index contributed by atoms with van der Waals surface area (Å²) in [6, 6.07) is 2.06. The third-order valence-electron chi connectivity index (χ3n) is 6.02. The Balaban J connectivity index is 1.63. The summed E-state index contributed by atoms with van der Waals surface area (Å²) in [4.78, 5) is 6.83. The van der Waals surface area contributed by atoms with Gasteiger partial charge in [-0.15, -0.1) is 5.10 Å². The lowest BCUT2D eigenvalue weighted by Gasteiger charge is -2.38. The number of aryl methyl sites for hydroxylation is 1. The minimum absolute atomic E-state index is 0.156. The Labute approximate surface area is 173 Å². The summed E-state index contributed by atoms with van der Waals surface area (Å²) in [6.45, 7) is 8.62. The molecule has 1 fully saturated rings. The average Bonchev–Trinajstić information content (AvgIpc) is 2.86. The van der Waals surface area contributed by atoms with E-state index in [4.69, 9.17) is 19.3 Å². The van der Waals surface area contributed by atoms with Crippen LogP contribution in [0.1, 0.15) is 36.6 Å². The third kappa shape index (κ3) is 4.26. The van der Waals surface area contributed by atoms with E-state index in [1.807, 2.05) is 17.8 Å². The maximum atomic E-state index is 6.37. The van der Waals surface area contributed by atoms with Crippen LogP contribution in [-0.4, -0.2) is 66.7 Å². The molecule has 158 valence electrons. The van der Waals surface area contributed by atoms with Crippen LogP contribution in [0, 0.1) is 12.3 Å². The molecule has 7 heteroatoms. The van der Waals surface area contributed by atoms with Crippen molar-refractivity contribution in [3.8, 4) is 17.4 Å². The highest BCUT2D eigenvalue weighted by Gasteiger charge is 2.32. The molecule has 4 heterocycles. The Kier molecular flexibility index (Phi) is 5.79. The molecular formula is C22H32N4O3. The van der Waals surface area contributed by atoms with Gasteiger partial charge in [-0.2, -0.15) is 0 Å². The molecule has 4 rings (SSSR count). The largest absolute Gasteiger partial charge is 0.481 e. The van der Waals surface area contributed by atoms with Crippen LogP contribution in [0.5, 0.6) is 11.8 Å². The average molecular weight is 401 g/mol. The zero-order chi connectivity index (χ0) is 20.4. The summed E-state index contributed by atoms with van der Waals surface area (Å²) in [7, 11) is 3.83. The molecule has 0 radical (unpaired) electrons. The van der Waals surface area contributed by atoms with Gasteiger partial charge < -0.3 is 19.1 Å². The van der Waals surface area contributed by atoms with E-state index in [1.165, 1.54) is 24.9 Å². The van der Waals surface area contributed by atoms with E-state index in [2.05, 4.69) is 29.9 Å². The first-order valence-electron chi connectivity index (χ1n) is 10.5. The van der Waals surface area contributed by atoms with Crippen LogP contribution in [0.2, 0.25) is 0 Å². The van der Waals surface area contributed by atoms with Crippen molar-refractivity contribution in [2.75, 3.05) is 47.1 Å². The Bertz CT molecular complexity index is 866. The molecule has 0 spiro atoms. The van der Waals surface area contributed by atoms with Gasteiger partial charge in [0.15, 0.2) is 0 Å². The number of piperidine rings is 1. The smallest absolute Gasteiger partial charge is 0.236 e. The third-order valence-corrected chi connectivity index (χ3v) is 6.02. The summed E-state index contributed by atoms with van der Waals surface area (Å²) >= 11 is 0. The molecule has 2 aromatic rings. The SMILES string of the molecule is COc1ncc(-n2nc(OCC3(C)CCCN(C)C3)c3c2CCOCC3)cc1C. The van der Waals surface area contributed by atoms with Gasteiger partial charge in [0.1, 0.15) is 0 Å². The molecule has 0 aromatic carbocycles. The first-order valence-corrected chi connectivity index (χ1v) is 10.5. The Morgan fingerprint density at radius 3 is 2.83 bits per heavy atom. The molecule has 7 nitrogen and oxygen atoms in total. The molecule has 29 heavy (non-hydrogen) atoms. The van der Waals surface area contributed by atoms with Gasteiger partial charge in [-0.1, -0.05) is 6.92 Å². The number of rotatable bonds is 5. The molecular weight excluding hydrogens is 368 g/mol. The summed E-state index contributed by atoms with van der Waals surface area (Å²) in [5, 5.41) is 4.88. The highest BCUT2D eigenvalue weighted by molar-refractivity contribution is 5.43. The Morgan fingerprint density at radius 2 is 2.07 bits per heavy atom. The second kappa shape index (κ2) is 8.32. The van der Waals surface area contributed by atoms with Gasteiger partial charge in [0, 0.05) is 35.9 Å². The van der Waals surface area contributed by atoms with Crippen LogP contribution in [-0.2, 0) is 17.6 Å². The van der Waals surface area contributed by atoms with Gasteiger partial charge in [-0.05, 0) is 39.4 Å². The van der Waals surface area contributed by atoms with E-state index in [9.17, 15) is 0 Å². The molecule has 0 saturated carbocycles. The number of pyridine rings is 1. The lowest BCUT2D eigenvalue weighted by Crippen LogP contribution is -2.42. The second-order valence-electron chi connectivity index (χ2n) is 8.71. The van der Waals surface area contributed by atoms with E-state index < -0.39 is 0 Å². The minimum atomic E-state index is 0.156. The summed E-state index contributed by atoms with van der Waals surface area (Å²) in [5.41, 5.74) is 4.40. The van der Waals surface area contributed by atoms with Crippen molar-refractivity contribution in [2.45, 2.75) is 39.5 Å². The summed E-state index contributed by atoms with van der Waals surface area (Å²) < 4.78 is 19.4. The first-order chi connectivity index (χ1) is 14.0. The van der Waals surface area contributed by atoms with E-state index in [0.717, 1.165) is 42.2 Å². The number of fused-ring (bicyclic) bond motifs is 1. The molecule has 1 saturated heterocycles. The number of aromatic nitrogens is 3. The predicted molar refractivity (Wildman–Crippen MR) is 111 cm³/mol. The quantitative estimate of drug-likeness (QED) is 0.769. The standard InChI is InChI=1S/C22H32N4O3/c1-16-12-17(13-23-20(16)27-4)26-19-7-11-28-10-6-18(19)21(24-26)29-15-22(2)8-5-9-25(3)14-22/h12-13H,5-11,14-15H2,1-4H3. The molecule has 1 unspecified atom stereocenters. The second-order valence-corrected chi connectivity index (χ2v) is 8.71. The maximum absolute atomic E-state index is 6.37. The molecule has 0 bridgehead atoms. The Hall–Kier alpha value is -2.12. The minimum Gasteiger partial charge on any atom is -0.481 e. The fraction of sp³-hybridized carbons (Fsp3) is 0.636. The molecule has 1 atom stereocenters. The molecule has 0 N–H and O–H groups in total. The molecule has 2 aliphatic heterocycles. The van der Waals surface area contributed by atoms with Crippen LogP contribution < -0.4 is 9.47 Å². The Morgan fingerprint density at radius 1 is 1.24 bits per heavy atom. The van der Waals surface area contributed by atoms with Gasteiger partial charge in [0.05, 0.1) is 44.5 Å². The monoisotopic (exact) mass is 400 g/mol. The molecule has 2 aromatic heterocycles. The lowest BCUT2D eigenvalue weighted by atomic mass is 9.83. The topological polar surface area (TPSA) is 61.6 Å². The van der Waals surface area contributed by atoms with Crippen LogP contribution >= 0.6 is 0 Å². The van der Waals surface area contributed by atoms with Gasteiger partial charge in [0.2, 0.25) is 11.8 Å². The van der Waals surface area contributed by atoms with Crippen molar-refractivity contribution in [2.24, 2.45) is 5.41 Å². The first kappa shape index (κ1) is 20.2. The normalized spacial score (nSPS) is 22.8. The summed E-state index contributed by atoms with van der Waals surface area (Å²) in [6.07, 6.45) is 5.85. The van der Waals surface area contributed by atoms with Crippen molar-refractivity contribution in [1.29, 1.82) is 0 Å². The van der Waals surface area contributed by atoms with Crippen molar-refractivity contribution < 1.29 is 14.2 Å². The predicted octanol–water partition coefficient (Wildman–Crippen LogP) is 2.81. The fourth-order valence-electron chi connectivity index (χ4n) is 4.57. The highest BCUT2D eigenvalue weighted by Crippen LogP contribution is 2.33. The van der Waals surface area contributed by atoms with Gasteiger partial charge in [-0.25, -0.2) is 9.67 Å². The van der Waals surface area contributed by atoms with Crippen LogP contribution in [0.15, 0.2) is 12.3 Å². The number of nitrogens with zero attached hydrogens (tertiary/aromatic N) is 4. The number of methoxy groups -OCH3 is 1. The fourth-order valence-corrected chi connectivity index (χ4v) is 4.57. The molecule has 0 aliphatic carbocycles. The number of hydrogen-bond donors (Lipinski definition) is 0. The number of hydrogen-bond acceptors (Lipinski definition) is 6. The van der Waals surface area contributed by atoms with Crippen molar-refractivity contribution in [3.05, 3.63) is 29.1 Å². The van der Waals surface area contributed by atoms with E-state index in [1.54, 1.807) is 7.11 Å². The lowest BCUT2D eigenvalue weighted by molar-refractivity contribution is 0.0672. The van der Waals surface area contributed by atoms with Crippen LogP contribution in [0.25, 0.3) is 5.69 Å². The van der Waals surface area contributed by atoms with Crippen LogP contribution in [0.4, 0.5) is 0 Å². The van der Waals surface area contributed by atoms with Gasteiger partial charge >= 0.3 is 0 Å². The zero-order valence-corrected chi connectivity index (χ0v) is 18.0. The van der Waals surface area contributed by atoms with Gasteiger partial charge in [-0.3, -0.25) is 0 Å². The summed E-state index contributed by atoms with van der Waals surface area (Å²) in [5.74, 6) is 1.38.